The van der Waals surface area contributed by atoms with Gasteiger partial charge in [-0.25, -0.2) is 9.98 Å². The van der Waals surface area contributed by atoms with Crippen molar-refractivity contribution in [3.8, 4) is 0 Å². The Bertz CT molecular complexity index is 1070. The van der Waals surface area contributed by atoms with Crippen molar-refractivity contribution in [1.82, 2.24) is 10.3 Å². The molecule has 0 bridgehead atoms. The summed E-state index contributed by atoms with van der Waals surface area (Å²) in [5.74, 6) is -0.230. The van der Waals surface area contributed by atoms with E-state index in [1.165, 1.54) is 6.08 Å². The Morgan fingerprint density at radius 2 is 1.60 bits per heavy atom. The molecule has 6 nitrogen and oxygen atoms in total. The fourth-order valence-electron chi connectivity index (χ4n) is 2.63. The highest BCUT2D eigenvalue weighted by Gasteiger charge is 2.10. The second kappa shape index (κ2) is 6.16. The Hall–Kier alpha value is -3.54. The maximum atomic E-state index is 11.2. The number of H-pyrrole nitrogens is 1. The number of aliphatic imine (C=N–C) groups is 2. The second-order valence-corrected chi connectivity index (χ2v) is 5.72. The van der Waals surface area contributed by atoms with Gasteiger partial charge in [-0.15, -0.1) is 0 Å². The van der Waals surface area contributed by atoms with Gasteiger partial charge < -0.3 is 10.3 Å². The third-order valence-electron chi connectivity index (χ3n) is 3.75. The Morgan fingerprint density at radius 3 is 2.24 bits per heavy atom. The number of rotatable bonds is 3. The summed E-state index contributed by atoms with van der Waals surface area (Å²) >= 11 is 0. The van der Waals surface area contributed by atoms with Crippen molar-refractivity contribution in [2.75, 3.05) is 0 Å². The van der Waals surface area contributed by atoms with Crippen LogP contribution in [0, 0.1) is 0 Å². The van der Waals surface area contributed by atoms with E-state index in [1.807, 2.05) is 48.6 Å². The number of allylic oxidation sites excluding steroid dienone is 4. The molecule has 0 saturated carbocycles. The van der Waals surface area contributed by atoms with Crippen molar-refractivity contribution in [1.29, 1.82) is 0 Å². The van der Waals surface area contributed by atoms with E-state index < -0.39 is 0 Å². The Kier molecular flexibility index (Phi) is 3.70. The quantitative estimate of drug-likeness (QED) is 0.841. The highest BCUT2D eigenvalue weighted by molar-refractivity contribution is 6.26. The van der Waals surface area contributed by atoms with E-state index >= 15 is 0 Å². The average molecular weight is 330 g/mol. The third-order valence-corrected chi connectivity index (χ3v) is 3.75. The number of amides is 2. The first-order valence-corrected chi connectivity index (χ1v) is 7.82. The Balaban J connectivity index is 1.54. The van der Waals surface area contributed by atoms with Crippen LogP contribution < -0.4 is 16.0 Å². The first-order chi connectivity index (χ1) is 12.1. The zero-order valence-corrected chi connectivity index (χ0v) is 13.2. The van der Waals surface area contributed by atoms with Crippen molar-refractivity contribution in [3.05, 3.63) is 70.7 Å². The molecule has 25 heavy (non-hydrogen) atoms. The fraction of sp³-hybridized carbons (Fsp3) is 0.0526. The molecule has 0 unspecified atom stereocenters. The van der Waals surface area contributed by atoms with E-state index in [-0.39, 0.29) is 11.8 Å². The van der Waals surface area contributed by atoms with Gasteiger partial charge in [0.2, 0.25) is 5.91 Å². The number of carbonyl (C=O) groups excluding carboxylic acids is 2. The van der Waals surface area contributed by atoms with Crippen molar-refractivity contribution in [3.63, 3.8) is 0 Å². The highest BCUT2D eigenvalue weighted by atomic mass is 16.2. The molecule has 4 rings (SSSR count). The lowest BCUT2D eigenvalue weighted by atomic mass is 10.3. The second-order valence-electron chi connectivity index (χ2n) is 5.72. The number of nitrogens with one attached hydrogen (secondary N) is 2. The molecule has 3 aliphatic heterocycles. The molecular formula is C19H14N4O2. The van der Waals surface area contributed by atoms with Gasteiger partial charge >= 0.3 is 0 Å². The Morgan fingerprint density at radius 1 is 0.880 bits per heavy atom. The van der Waals surface area contributed by atoms with Crippen LogP contribution in [-0.2, 0) is 9.59 Å². The predicted molar refractivity (Wildman–Crippen MR) is 96.1 cm³/mol. The van der Waals surface area contributed by atoms with Gasteiger partial charge in [-0.3, -0.25) is 9.59 Å². The number of nitrogens with zero attached hydrogens (tertiary/aromatic N) is 2. The van der Waals surface area contributed by atoms with Crippen LogP contribution in [0.3, 0.4) is 0 Å². The summed E-state index contributed by atoms with van der Waals surface area (Å²) in [6, 6.07) is 3.85. The molecule has 0 aromatic carbocycles. The van der Waals surface area contributed by atoms with E-state index in [2.05, 4.69) is 20.3 Å². The molecule has 3 aliphatic rings. The number of aromatic nitrogens is 1. The first kappa shape index (κ1) is 15.0. The maximum Gasteiger partial charge on any atom is 0.270 e. The van der Waals surface area contributed by atoms with Crippen molar-refractivity contribution in [2.24, 2.45) is 9.98 Å². The van der Waals surface area contributed by atoms with Gasteiger partial charge in [0.25, 0.3) is 5.91 Å². The summed E-state index contributed by atoms with van der Waals surface area (Å²) in [4.78, 5) is 33.9. The molecule has 2 N–H and O–H groups in total. The summed E-state index contributed by atoms with van der Waals surface area (Å²) in [5.41, 5.74) is 3.03. The smallest absolute Gasteiger partial charge is 0.270 e. The number of hydrogen-bond acceptors (Lipinski definition) is 3. The zero-order valence-electron chi connectivity index (χ0n) is 13.2. The topological polar surface area (TPSA) is 86.7 Å². The first-order valence-electron chi connectivity index (χ1n) is 7.82. The van der Waals surface area contributed by atoms with Gasteiger partial charge in [0.15, 0.2) is 0 Å². The minimum absolute atomic E-state index is 0.00293. The average Bonchev–Trinajstić information content (AvgIpc) is 3.33. The van der Waals surface area contributed by atoms with Crippen molar-refractivity contribution in [2.45, 2.75) is 6.42 Å². The van der Waals surface area contributed by atoms with Crippen LogP contribution in [-0.4, -0.2) is 28.2 Å². The number of carbonyl (C=O) groups is 2. The molecule has 0 fully saturated rings. The fourth-order valence-corrected chi connectivity index (χ4v) is 2.63. The standard InChI is InChI=1S/C19H14N4O2/c24-18-7-5-16(22-18)10-14-3-1-12(20-14)9-13-2-4-15(21-13)11-17-6-8-19(25)23-17/h1-7,9-11,20H,8H2,(H,23,25)/b12-9?,14-10-,15-11?. The van der Waals surface area contributed by atoms with Crippen LogP contribution in [0.1, 0.15) is 6.42 Å². The SMILES string of the molecule is O=C1C=CC(/C=c2/ccc(=CC3=NC(=CC4=CCC(=O)N4)C=C3)[nH]2)=N1. The van der Waals surface area contributed by atoms with Crippen molar-refractivity contribution >= 4 is 35.4 Å². The molecule has 2 amide bonds. The molecule has 0 radical (unpaired) electrons. The predicted octanol–water partition coefficient (Wildman–Crippen LogP) is 0.412. The molecule has 0 saturated heterocycles. The molecule has 0 aliphatic carbocycles. The van der Waals surface area contributed by atoms with Gasteiger partial charge in [-0.2, -0.15) is 0 Å². The maximum absolute atomic E-state index is 11.2. The summed E-state index contributed by atoms with van der Waals surface area (Å²) < 4.78 is 0. The molecular weight excluding hydrogens is 316 g/mol. The molecule has 6 heteroatoms. The molecule has 0 spiro atoms. The van der Waals surface area contributed by atoms with E-state index in [0.29, 0.717) is 12.1 Å². The van der Waals surface area contributed by atoms with Crippen LogP contribution >= 0.6 is 0 Å². The van der Waals surface area contributed by atoms with E-state index in [0.717, 1.165) is 27.8 Å². The van der Waals surface area contributed by atoms with Gasteiger partial charge in [-0.1, -0.05) is 6.08 Å². The largest absolute Gasteiger partial charge is 0.355 e. The molecule has 1 aromatic heterocycles. The van der Waals surface area contributed by atoms with Gasteiger partial charge in [0, 0.05) is 28.9 Å². The summed E-state index contributed by atoms with van der Waals surface area (Å²) in [6.07, 6.45) is 14.8. The van der Waals surface area contributed by atoms with Gasteiger partial charge in [0.05, 0.1) is 17.1 Å². The van der Waals surface area contributed by atoms with E-state index in [1.54, 1.807) is 6.08 Å². The molecule has 4 heterocycles. The summed E-state index contributed by atoms with van der Waals surface area (Å²) in [5, 5.41) is 4.53. The summed E-state index contributed by atoms with van der Waals surface area (Å²) in [7, 11) is 0. The zero-order chi connectivity index (χ0) is 17.2. The number of hydrogen-bond donors (Lipinski definition) is 2. The normalized spacial score (nSPS) is 22.1. The third kappa shape index (κ3) is 3.53. The summed E-state index contributed by atoms with van der Waals surface area (Å²) in [6.45, 7) is 0. The van der Waals surface area contributed by atoms with Gasteiger partial charge in [-0.05, 0) is 48.6 Å². The highest BCUT2D eigenvalue weighted by Crippen LogP contribution is 2.14. The van der Waals surface area contributed by atoms with Crippen LogP contribution in [0.5, 0.6) is 0 Å². The van der Waals surface area contributed by atoms with E-state index in [4.69, 9.17) is 0 Å². The van der Waals surface area contributed by atoms with Crippen LogP contribution in [0.4, 0.5) is 0 Å². The minimum Gasteiger partial charge on any atom is -0.355 e. The van der Waals surface area contributed by atoms with Gasteiger partial charge in [0.1, 0.15) is 0 Å². The van der Waals surface area contributed by atoms with Crippen LogP contribution in [0.25, 0.3) is 12.2 Å². The number of aromatic amines is 1. The Labute approximate surface area is 143 Å². The lowest BCUT2D eigenvalue weighted by molar-refractivity contribution is -0.118. The minimum atomic E-state index is -0.233. The van der Waals surface area contributed by atoms with E-state index in [9.17, 15) is 9.59 Å². The molecule has 1 aromatic rings. The molecule has 122 valence electrons. The van der Waals surface area contributed by atoms with Crippen molar-refractivity contribution < 1.29 is 9.59 Å². The lowest BCUT2D eigenvalue weighted by Gasteiger charge is -1.95. The van der Waals surface area contributed by atoms with Crippen LogP contribution in [0.15, 0.2) is 70.0 Å². The van der Waals surface area contributed by atoms with Crippen LogP contribution in [0.2, 0.25) is 0 Å². The monoisotopic (exact) mass is 330 g/mol. The lowest BCUT2D eigenvalue weighted by Crippen LogP contribution is -2.13. The molecule has 0 atom stereocenters.